The average molecular weight is 268 g/mol. The predicted molar refractivity (Wildman–Crippen MR) is 75.9 cm³/mol. The zero-order valence-corrected chi connectivity index (χ0v) is 11.9. The van der Waals surface area contributed by atoms with Crippen molar-refractivity contribution >= 4 is 5.91 Å². The van der Waals surface area contributed by atoms with Gasteiger partial charge in [0.05, 0.1) is 6.61 Å². The van der Waals surface area contributed by atoms with E-state index >= 15 is 0 Å². The van der Waals surface area contributed by atoms with E-state index < -0.39 is 0 Å². The van der Waals surface area contributed by atoms with Crippen LogP contribution in [0.5, 0.6) is 0 Å². The van der Waals surface area contributed by atoms with E-state index in [2.05, 4.69) is 10.2 Å². The Kier molecular flexibility index (Phi) is 6.11. The summed E-state index contributed by atoms with van der Waals surface area (Å²) in [4.78, 5) is 14.1. The molecule has 2 fully saturated rings. The molecule has 0 bridgehead atoms. The van der Waals surface area contributed by atoms with Gasteiger partial charge in [-0.15, -0.1) is 0 Å². The molecule has 2 aliphatic carbocycles. The molecule has 0 spiro atoms. The first-order chi connectivity index (χ1) is 9.29. The first-order valence-corrected chi connectivity index (χ1v) is 7.91. The van der Waals surface area contributed by atoms with Gasteiger partial charge in [-0.1, -0.05) is 19.3 Å². The molecule has 0 aromatic rings. The minimum absolute atomic E-state index is 0.175. The van der Waals surface area contributed by atoms with Crippen LogP contribution in [0, 0.1) is 5.92 Å². The summed E-state index contributed by atoms with van der Waals surface area (Å²) in [5, 5.41) is 12.1. The molecule has 2 N–H and O–H groups in total. The van der Waals surface area contributed by atoms with Crippen molar-refractivity contribution in [3.8, 4) is 0 Å². The molecule has 110 valence electrons. The van der Waals surface area contributed by atoms with E-state index in [-0.39, 0.29) is 12.5 Å². The summed E-state index contributed by atoms with van der Waals surface area (Å²) >= 11 is 0. The molecule has 0 radical (unpaired) electrons. The van der Waals surface area contributed by atoms with Crippen molar-refractivity contribution in [3.63, 3.8) is 0 Å². The molecule has 2 rings (SSSR count). The third-order valence-corrected chi connectivity index (χ3v) is 4.39. The lowest BCUT2D eigenvalue weighted by Gasteiger charge is -2.23. The number of nitrogens with zero attached hydrogens (tertiary/aromatic N) is 1. The van der Waals surface area contributed by atoms with E-state index in [1.807, 2.05) is 0 Å². The Morgan fingerprint density at radius 3 is 2.47 bits per heavy atom. The van der Waals surface area contributed by atoms with Gasteiger partial charge in [0.25, 0.3) is 0 Å². The van der Waals surface area contributed by atoms with Crippen molar-refractivity contribution in [2.75, 3.05) is 26.2 Å². The molecule has 0 aromatic heterocycles. The van der Waals surface area contributed by atoms with Gasteiger partial charge in [0.1, 0.15) is 0 Å². The quantitative estimate of drug-likeness (QED) is 0.702. The Balaban J connectivity index is 1.57. The molecular formula is C15H28N2O2. The van der Waals surface area contributed by atoms with Gasteiger partial charge in [0, 0.05) is 32.1 Å². The first-order valence-electron chi connectivity index (χ1n) is 7.91. The summed E-state index contributed by atoms with van der Waals surface area (Å²) in [5.41, 5.74) is 0. The van der Waals surface area contributed by atoms with Crippen LogP contribution in [0.1, 0.15) is 51.4 Å². The first kappa shape index (κ1) is 14.8. The van der Waals surface area contributed by atoms with Crippen molar-refractivity contribution in [3.05, 3.63) is 0 Å². The number of aliphatic hydroxyl groups is 1. The van der Waals surface area contributed by atoms with Crippen molar-refractivity contribution in [2.45, 2.75) is 57.4 Å². The number of hydrogen-bond acceptors (Lipinski definition) is 3. The fourth-order valence-corrected chi connectivity index (χ4v) is 3.03. The summed E-state index contributed by atoms with van der Waals surface area (Å²) in [6.07, 6.45) is 9.59. The van der Waals surface area contributed by atoms with Crippen LogP contribution in [-0.4, -0.2) is 48.2 Å². The zero-order chi connectivity index (χ0) is 13.5. The van der Waals surface area contributed by atoms with Gasteiger partial charge in [-0.25, -0.2) is 0 Å². The topological polar surface area (TPSA) is 52.6 Å². The number of carbonyl (C=O) groups excluding carboxylic acids is 1. The monoisotopic (exact) mass is 268 g/mol. The fourth-order valence-electron chi connectivity index (χ4n) is 3.03. The Morgan fingerprint density at radius 2 is 1.84 bits per heavy atom. The SMILES string of the molecule is O=C(CCN(CCO)C1CC1)NCC1CCCCC1. The van der Waals surface area contributed by atoms with Gasteiger partial charge >= 0.3 is 0 Å². The maximum absolute atomic E-state index is 11.8. The van der Waals surface area contributed by atoms with Crippen LogP contribution in [0.2, 0.25) is 0 Å². The van der Waals surface area contributed by atoms with Crippen LogP contribution in [0.25, 0.3) is 0 Å². The molecule has 2 saturated carbocycles. The largest absolute Gasteiger partial charge is 0.395 e. The number of aliphatic hydroxyl groups excluding tert-OH is 1. The molecule has 1 amide bonds. The second kappa shape index (κ2) is 7.85. The van der Waals surface area contributed by atoms with Gasteiger partial charge in [-0.05, 0) is 31.6 Å². The van der Waals surface area contributed by atoms with Crippen LogP contribution in [0.15, 0.2) is 0 Å². The number of amides is 1. The summed E-state index contributed by atoms with van der Waals surface area (Å²) in [6.45, 7) is 2.56. The number of rotatable bonds is 8. The summed E-state index contributed by atoms with van der Waals surface area (Å²) in [5.74, 6) is 0.879. The standard InChI is InChI=1S/C15H28N2O2/c18-11-10-17(14-6-7-14)9-8-15(19)16-12-13-4-2-1-3-5-13/h13-14,18H,1-12H2,(H,16,19). The maximum atomic E-state index is 11.8. The van der Waals surface area contributed by atoms with E-state index in [1.165, 1.54) is 44.9 Å². The van der Waals surface area contributed by atoms with Crippen LogP contribution in [-0.2, 0) is 4.79 Å². The number of carbonyl (C=O) groups is 1. The van der Waals surface area contributed by atoms with Gasteiger partial charge in [0.2, 0.25) is 5.91 Å². The molecule has 0 unspecified atom stereocenters. The smallest absolute Gasteiger partial charge is 0.221 e. The highest BCUT2D eigenvalue weighted by atomic mass is 16.3. The van der Waals surface area contributed by atoms with Crippen LogP contribution in [0.4, 0.5) is 0 Å². The van der Waals surface area contributed by atoms with E-state index in [4.69, 9.17) is 5.11 Å². The van der Waals surface area contributed by atoms with Crippen LogP contribution >= 0.6 is 0 Å². The molecule has 0 saturated heterocycles. The Morgan fingerprint density at radius 1 is 1.11 bits per heavy atom. The number of nitrogens with one attached hydrogen (secondary N) is 1. The van der Waals surface area contributed by atoms with E-state index in [9.17, 15) is 4.79 Å². The van der Waals surface area contributed by atoms with Crippen molar-refractivity contribution < 1.29 is 9.90 Å². The average Bonchev–Trinajstić information content (AvgIpc) is 3.27. The second-order valence-corrected chi connectivity index (χ2v) is 6.05. The minimum atomic E-state index is 0.175. The lowest BCUT2D eigenvalue weighted by Crippen LogP contribution is -2.35. The second-order valence-electron chi connectivity index (χ2n) is 6.05. The molecule has 4 nitrogen and oxygen atoms in total. The highest BCUT2D eigenvalue weighted by Gasteiger charge is 2.28. The Labute approximate surface area is 116 Å². The maximum Gasteiger partial charge on any atom is 0.221 e. The molecular weight excluding hydrogens is 240 g/mol. The molecule has 0 atom stereocenters. The van der Waals surface area contributed by atoms with Crippen LogP contribution in [0.3, 0.4) is 0 Å². The number of hydrogen-bond donors (Lipinski definition) is 2. The normalized spacial score (nSPS) is 20.7. The molecule has 0 heterocycles. The summed E-state index contributed by atoms with van der Waals surface area (Å²) in [6, 6.07) is 0.623. The summed E-state index contributed by atoms with van der Waals surface area (Å²) in [7, 11) is 0. The van der Waals surface area contributed by atoms with Gasteiger partial charge in [-0.2, -0.15) is 0 Å². The van der Waals surface area contributed by atoms with Crippen molar-refractivity contribution in [2.24, 2.45) is 5.92 Å². The Bertz CT molecular complexity index is 273. The van der Waals surface area contributed by atoms with Gasteiger partial charge < -0.3 is 10.4 Å². The predicted octanol–water partition coefficient (Wildman–Crippen LogP) is 1.53. The van der Waals surface area contributed by atoms with Crippen LogP contribution < -0.4 is 5.32 Å². The van der Waals surface area contributed by atoms with E-state index in [1.54, 1.807) is 0 Å². The van der Waals surface area contributed by atoms with Crippen molar-refractivity contribution in [1.82, 2.24) is 10.2 Å². The van der Waals surface area contributed by atoms with E-state index in [0.717, 1.165) is 13.1 Å². The molecule has 0 aromatic carbocycles. The molecule has 19 heavy (non-hydrogen) atoms. The minimum Gasteiger partial charge on any atom is -0.395 e. The fraction of sp³-hybridized carbons (Fsp3) is 0.933. The third-order valence-electron chi connectivity index (χ3n) is 4.39. The lowest BCUT2D eigenvalue weighted by molar-refractivity contribution is -0.121. The van der Waals surface area contributed by atoms with Gasteiger partial charge in [0.15, 0.2) is 0 Å². The highest BCUT2D eigenvalue weighted by molar-refractivity contribution is 5.76. The Hall–Kier alpha value is -0.610. The molecule has 4 heteroatoms. The lowest BCUT2D eigenvalue weighted by atomic mass is 9.89. The molecule has 2 aliphatic rings. The summed E-state index contributed by atoms with van der Waals surface area (Å²) < 4.78 is 0. The zero-order valence-electron chi connectivity index (χ0n) is 11.9. The van der Waals surface area contributed by atoms with E-state index in [0.29, 0.717) is 24.9 Å². The van der Waals surface area contributed by atoms with Crippen molar-refractivity contribution in [1.29, 1.82) is 0 Å². The van der Waals surface area contributed by atoms with Gasteiger partial charge in [-0.3, -0.25) is 9.69 Å². The molecule has 0 aliphatic heterocycles. The highest BCUT2D eigenvalue weighted by Crippen LogP contribution is 2.26. The third kappa shape index (κ3) is 5.49.